The molecule has 0 saturated carbocycles. The third kappa shape index (κ3) is 5.08. The summed E-state index contributed by atoms with van der Waals surface area (Å²) < 4.78 is 1.90. The van der Waals surface area contributed by atoms with Crippen LogP contribution in [-0.2, 0) is 10.3 Å². The van der Waals surface area contributed by atoms with Crippen LogP contribution in [0.15, 0.2) is 6.07 Å². The van der Waals surface area contributed by atoms with E-state index in [-0.39, 0.29) is 23.9 Å². The summed E-state index contributed by atoms with van der Waals surface area (Å²) in [4.78, 5) is 25.5. The summed E-state index contributed by atoms with van der Waals surface area (Å²) in [5.74, 6) is -0.487. The van der Waals surface area contributed by atoms with E-state index in [1.165, 1.54) is 4.90 Å². The molecule has 0 spiro atoms. The van der Waals surface area contributed by atoms with Gasteiger partial charge < -0.3 is 10.6 Å². The van der Waals surface area contributed by atoms with E-state index in [0.717, 1.165) is 18.5 Å². The smallest absolute Gasteiger partial charge is 0.274 e. The van der Waals surface area contributed by atoms with Crippen molar-refractivity contribution in [1.29, 1.82) is 0 Å². The Morgan fingerprint density at radius 1 is 1.35 bits per heavy atom. The molecule has 2 amide bonds. The van der Waals surface area contributed by atoms with Gasteiger partial charge in [-0.05, 0) is 39.2 Å². The van der Waals surface area contributed by atoms with Crippen molar-refractivity contribution < 1.29 is 9.59 Å². The first-order chi connectivity index (χ1) is 10.6. The summed E-state index contributed by atoms with van der Waals surface area (Å²) in [7, 11) is 0. The number of hydrogen-bond donors (Lipinski definition) is 1. The van der Waals surface area contributed by atoms with E-state index in [1.54, 1.807) is 0 Å². The Hall–Kier alpha value is -1.85. The van der Waals surface area contributed by atoms with E-state index in [2.05, 4.69) is 39.7 Å². The van der Waals surface area contributed by atoms with Crippen LogP contribution in [0, 0.1) is 0 Å². The Morgan fingerprint density at radius 2 is 1.96 bits per heavy atom. The first-order valence-electron chi connectivity index (χ1n) is 8.26. The van der Waals surface area contributed by atoms with Crippen LogP contribution >= 0.6 is 0 Å². The quantitative estimate of drug-likeness (QED) is 0.837. The highest BCUT2D eigenvalue weighted by Gasteiger charge is 2.26. The zero-order valence-corrected chi connectivity index (χ0v) is 15.2. The fourth-order valence-electron chi connectivity index (χ4n) is 2.40. The Labute approximate surface area is 139 Å². The minimum atomic E-state index is -0.506. The molecule has 0 aliphatic rings. The number of nitrogens with two attached hydrogens (primary N) is 1. The standard InChI is InChI=1S/C17H30N4O2/c1-7-8-9-20(11-15(18)22)16(23)13-10-14(12(2)3)21(19-13)17(4,5)6/h10,12H,7-9,11H2,1-6H3,(H2,18,22). The maximum Gasteiger partial charge on any atom is 0.274 e. The van der Waals surface area contributed by atoms with Crippen molar-refractivity contribution >= 4 is 11.8 Å². The number of aromatic nitrogens is 2. The summed E-state index contributed by atoms with van der Waals surface area (Å²) in [6, 6.07) is 1.83. The van der Waals surface area contributed by atoms with Gasteiger partial charge in [-0.3, -0.25) is 14.3 Å². The molecular weight excluding hydrogens is 292 g/mol. The molecule has 0 bridgehead atoms. The molecule has 1 rings (SSSR count). The van der Waals surface area contributed by atoms with Crippen LogP contribution in [0.3, 0.4) is 0 Å². The van der Waals surface area contributed by atoms with Gasteiger partial charge in [-0.1, -0.05) is 27.2 Å². The maximum absolute atomic E-state index is 12.7. The minimum absolute atomic E-state index is 0.0712. The minimum Gasteiger partial charge on any atom is -0.368 e. The van der Waals surface area contributed by atoms with Gasteiger partial charge in [-0.15, -0.1) is 0 Å². The van der Waals surface area contributed by atoms with E-state index >= 15 is 0 Å². The molecule has 0 radical (unpaired) electrons. The van der Waals surface area contributed by atoms with Crippen molar-refractivity contribution in [3.05, 3.63) is 17.5 Å². The molecule has 0 aromatic carbocycles. The first-order valence-corrected chi connectivity index (χ1v) is 8.26. The number of unbranched alkanes of at least 4 members (excludes halogenated alkanes) is 1. The van der Waals surface area contributed by atoms with Crippen molar-refractivity contribution in [3.63, 3.8) is 0 Å². The third-order valence-corrected chi connectivity index (χ3v) is 3.60. The van der Waals surface area contributed by atoms with Crippen LogP contribution in [0.1, 0.15) is 76.5 Å². The molecule has 2 N–H and O–H groups in total. The number of primary amides is 1. The monoisotopic (exact) mass is 322 g/mol. The van der Waals surface area contributed by atoms with Gasteiger partial charge in [0, 0.05) is 12.2 Å². The normalized spacial score (nSPS) is 11.8. The van der Waals surface area contributed by atoms with Gasteiger partial charge in [0.1, 0.15) is 0 Å². The molecule has 0 unspecified atom stereocenters. The van der Waals surface area contributed by atoms with Gasteiger partial charge in [-0.25, -0.2) is 0 Å². The predicted molar refractivity (Wildman–Crippen MR) is 91.3 cm³/mol. The summed E-state index contributed by atoms with van der Waals surface area (Å²) in [6.07, 6.45) is 1.77. The van der Waals surface area contributed by atoms with Gasteiger partial charge in [0.15, 0.2) is 5.69 Å². The van der Waals surface area contributed by atoms with Crippen molar-refractivity contribution in [2.45, 2.75) is 65.8 Å². The van der Waals surface area contributed by atoms with Crippen molar-refractivity contribution in [3.8, 4) is 0 Å². The summed E-state index contributed by atoms with van der Waals surface area (Å²) in [6.45, 7) is 12.8. The van der Waals surface area contributed by atoms with Crippen LogP contribution in [0.4, 0.5) is 0 Å². The summed E-state index contributed by atoms with van der Waals surface area (Å²) in [5.41, 5.74) is 6.45. The maximum atomic E-state index is 12.7. The van der Waals surface area contributed by atoms with E-state index in [1.807, 2.05) is 17.7 Å². The lowest BCUT2D eigenvalue weighted by atomic mass is 10.1. The fourth-order valence-corrected chi connectivity index (χ4v) is 2.40. The highest BCUT2D eigenvalue weighted by Crippen LogP contribution is 2.24. The molecule has 6 nitrogen and oxygen atoms in total. The molecule has 0 aliphatic carbocycles. The second-order valence-corrected chi connectivity index (χ2v) is 7.24. The molecule has 0 fully saturated rings. The molecule has 1 heterocycles. The number of hydrogen-bond acceptors (Lipinski definition) is 3. The van der Waals surface area contributed by atoms with E-state index in [0.29, 0.717) is 12.2 Å². The Bertz CT molecular complexity index is 555. The molecule has 1 aromatic heterocycles. The molecule has 1 aromatic rings. The average Bonchev–Trinajstić information content (AvgIpc) is 2.87. The molecule has 0 atom stereocenters. The molecule has 6 heteroatoms. The SMILES string of the molecule is CCCCN(CC(N)=O)C(=O)c1cc(C(C)C)n(C(C)(C)C)n1. The highest BCUT2D eigenvalue weighted by molar-refractivity contribution is 5.94. The second kappa shape index (κ2) is 7.62. The number of nitrogens with zero attached hydrogens (tertiary/aromatic N) is 3. The lowest BCUT2D eigenvalue weighted by Gasteiger charge is -2.24. The van der Waals surface area contributed by atoms with Gasteiger partial charge in [0.2, 0.25) is 5.91 Å². The first kappa shape index (κ1) is 19.2. The summed E-state index contributed by atoms with van der Waals surface area (Å²) >= 11 is 0. The lowest BCUT2D eigenvalue weighted by Crippen LogP contribution is -2.39. The summed E-state index contributed by atoms with van der Waals surface area (Å²) in [5, 5.41) is 4.51. The van der Waals surface area contributed by atoms with E-state index < -0.39 is 5.91 Å². The molecule has 23 heavy (non-hydrogen) atoms. The van der Waals surface area contributed by atoms with Crippen molar-refractivity contribution in [2.75, 3.05) is 13.1 Å². The van der Waals surface area contributed by atoms with Crippen LogP contribution in [0.5, 0.6) is 0 Å². The highest BCUT2D eigenvalue weighted by atomic mass is 16.2. The number of carbonyl (C=O) groups excluding carboxylic acids is 2. The lowest BCUT2D eigenvalue weighted by molar-refractivity contribution is -0.118. The van der Waals surface area contributed by atoms with Crippen LogP contribution in [-0.4, -0.2) is 39.6 Å². The Morgan fingerprint density at radius 3 is 2.35 bits per heavy atom. The fraction of sp³-hybridized carbons (Fsp3) is 0.706. The Balaban J connectivity index is 3.16. The zero-order chi connectivity index (χ0) is 17.8. The van der Waals surface area contributed by atoms with Crippen molar-refractivity contribution in [2.24, 2.45) is 5.73 Å². The van der Waals surface area contributed by atoms with Gasteiger partial charge in [0.05, 0.1) is 12.1 Å². The topological polar surface area (TPSA) is 81.2 Å². The average molecular weight is 322 g/mol. The molecule has 0 aliphatic heterocycles. The zero-order valence-electron chi connectivity index (χ0n) is 15.2. The van der Waals surface area contributed by atoms with E-state index in [4.69, 9.17) is 5.73 Å². The number of amides is 2. The molecule has 0 saturated heterocycles. The van der Waals surface area contributed by atoms with Crippen LogP contribution in [0.2, 0.25) is 0 Å². The number of rotatable bonds is 7. The van der Waals surface area contributed by atoms with Crippen LogP contribution in [0.25, 0.3) is 0 Å². The third-order valence-electron chi connectivity index (χ3n) is 3.60. The predicted octanol–water partition coefficient (Wildman–Crippen LogP) is 2.49. The van der Waals surface area contributed by atoms with E-state index in [9.17, 15) is 9.59 Å². The van der Waals surface area contributed by atoms with Crippen LogP contribution < -0.4 is 5.73 Å². The number of carbonyl (C=O) groups is 2. The largest absolute Gasteiger partial charge is 0.368 e. The van der Waals surface area contributed by atoms with Gasteiger partial charge in [-0.2, -0.15) is 5.10 Å². The van der Waals surface area contributed by atoms with Gasteiger partial charge >= 0.3 is 0 Å². The second-order valence-electron chi connectivity index (χ2n) is 7.24. The Kier molecular flexibility index (Phi) is 6.36. The molecular formula is C17H30N4O2. The van der Waals surface area contributed by atoms with Gasteiger partial charge in [0.25, 0.3) is 5.91 Å². The molecule has 130 valence electrons. The van der Waals surface area contributed by atoms with Crippen molar-refractivity contribution in [1.82, 2.24) is 14.7 Å².